The summed E-state index contributed by atoms with van der Waals surface area (Å²) in [5.74, 6) is 1.41. The van der Waals surface area contributed by atoms with Crippen LogP contribution in [0.4, 0.5) is 0 Å². The van der Waals surface area contributed by atoms with Gasteiger partial charge >= 0.3 is 0 Å². The molecule has 3 rings (SSSR count). The predicted molar refractivity (Wildman–Crippen MR) is 84.6 cm³/mol. The highest BCUT2D eigenvalue weighted by Crippen LogP contribution is 2.29. The maximum atomic E-state index is 9.79. The summed E-state index contributed by atoms with van der Waals surface area (Å²) in [5, 5.41) is 12.1. The number of furan rings is 1. The summed E-state index contributed by atoms with van der Waals surface area (Å²) >= 11 is 3.48. The van der Waals surface area contributed by atoms with E-state index in [2.05, 4.69) is 40.2 Å². The highest BCUT2D eigenvalue weighted by molar-refractivity contribution is 9.10. The van der Waals surface area contributed by atoms with Crippen LogP contribution in [0.2, 0.25) is 0 Å². The monoisotopic (exact) mass is 330 g/mol. The van der Waals surface area contributed by atoms with Crippen molar-refractivity contribution < 1.29 is 9.52 Å². The molecular formula is C17H15BrO2. The van der Waals surface area contributed by atoms with E-state index in [1.165, 1.54) is 10.8 Å². The summed E-state index contributed by atoms with van der Waals surface area (Å²) in [4.78, 5) is 0. The molecule has 3 heteroatoms. The molecule has 0 saturated heterocycles. The molecule has 0 fully saturated rings. The largest absolute Gasteiger partial charge is 0.458 e. The second-order valence-corrected chi connectivity index (χ2v) is 5.75. The van der Waals surface area contributed by atoms with Gasteiger partial charge in [0.2, 0.25) is 0 Å². The lowest BCUT2D eigenvalue weighted by molar-refractivity contribution is 0.147. The van der Waals surface area contributed by atoms with E-state index in [-0.39, 0.29) is 0 Å². The predicted octanol–water partition coefficient (Wildman–Crippen LogP) is 5.31. The second-order valence-electron chi connectivity index (χ2n) is 4.83. The Balaban J connectivity index is 2.01. The molecule has 1 N–H and O–H groups in total. The van der Waals surface area contributed by atoms with Crippen LogP contribution in [-0.4, -0.2) is 5.11 Å². The van der Waals surface area contributed by atoms with E-state index in [1.807, 2.05) is 31.2 Å². The van der Waals surface area contributed by atoms with Crippen LogP contribution in [0.25, 0.3) is 22.1 Å². The van der Waals surface area contributed by atoms with Gasteiger partial charge in [0.25, 0.3) is 0 Å². The Kier molecular flexibility index (Phi) is 3.64. The maximum Gasteiger partial charge on any atom is 0.134 e. The average molecular weight is 331 g/mol. The molecule has 0 spiro atoms. The van der Waals surface area contributed by atoms with Crippen molar-refractivity contribution in [2.24, 2.45) is 0 Å². The van der Waals surface area contributed by atoms with Crippen molar-refractivity contribution in [1.29, 1.82) is 0 Å². The molecule has 102 valence electrons. The zero-order valence-electron chi connectivity index (χ0n) is 11.1. The van der Waals surface area contributed by atoms with Gasteiger partial charge in [0.15, 0.2) is 0 Å². The number of benzene rings is 2. The van der Waals surface area contributed by atoms with Crippen molar-refractivity contribution in [3.8, 4) is 11.3 Å². The number of aliphatic hydroxyl groups excluding tert-OH is 1. The fourth-order valence-electron chi connectivity index (χ4n) is 2.26. The smallest absolute Gasteiger partial charge is 0.134 e. The first-order valence-electron chi connectivity index (χ1n) is 6.65. The Hall–Kier alpha value is -1.58. The SMILES string of the molecule is CCC(O)c1ccc(-c2ccc3cc(Br)ccc3c2)o1. The molecular weight excluding hydrogens is 316 g/mol. The summed E-state index contributed by atoms with van der Waals surface area (Å²) < 4.78 is 6.81. The molecule has 0 amide bonds. The number of fused-ring (bicyclic) bond motifs is 1. The molecule has 0 bridgehead atoms. The second kappa shape index (κ2) is 5.43. The van der Waals surface area contributed by atoms with Crippen molar-refractivity contribution in [1.82, 2.24) is 0 Å². The number of hydrogen-bond donors (Lipinski definition) is 1. The fraction of sp³-hybridized carbons (Fsp3) is 0.176. The van der Waals surface area contributed by atoms with Crippen LogP contribution in [0, 0.1) is 0 Å². The van der Waals surface area contributed by atoms with Crippen LogP contribution in [0.3, 0.4) is 0 Å². The Bertz CT molecular complexity index is 746. The van der Waals surface area contributed by atoms with E-state index >= 15 is 0 Å². The molecule has 3 aromatic rings. The molecule has 1 aromatic heterocycles. The number of rotatable bonds is 3. The van der Waals surface area contributed by atoms with E-state index in [0.717, 1.165) is 15.8 Å². The maximum absolute atomic E-state index is 9.79. The standard InChI is InChI=1S/C17H15BrO2/c1-2-15(19)17-8-7-16(20-17)13-4-3-12-10-14(18)6-5-11(12)9-13/h3-10,15,19H,2H2,1H3. The molecule has 1 heterocycles. The van der Waals surface area contributed by atoms with Crippen LogP contribution in [0.5, 0.6) is 0 Å². The topological polar surface area (TPSA) is 33.4 Å². The van der Waals surface area contributed by atoms with Crippen LogP contribution in [0.15, 0.2) is 57.4 Å². The van der Waals surface area contributed by atoms with Crippen LogP contribution in [0.1, 0.15) is 25.2 Å². The minimum Gasteiger partial charge on any atom is -0.458 e. The number of aliphatic hydroxyl groups is 1. The third-order valence-corrected chi connectivity index (χ3v) is 3.92. The van der Waals surface area contributed by atoms with Gasteiger partial charge in [0.1, 0.15) is 17.6 Å². The summed E-state index contributed by atoms with van der Waals surface area (Å²) in [6.07, 6.45) is 0.124. The van der Waals surface area contributed by atoms with Gasteiger partial charge in [-0.25, -0.2) is 0 Å². The molecule has 1 unspecified atom stereocenters. The zero-order valence-corrected chi connectivity index (χ0v) is 12.7. The Labute approximate surface area is 126 Å². The van der Waals surface area contributed by atoms with Gasteiger partial charge in [-0.3, -0.25) is 0 Å². The molecule has 0 aliphatic rings. The lowest BCUT2D eigenvalue weighted by Crippen LogP contribution is -1.91. The van der Waals surface area contributed by atoms with E-state index in [1.54, 1.807) is 0 Å². The summed E-state index contributed by atoms with van der Waals surface area (Å²) in [6, 6.07) is 16.2. The van der Waals surface area contributed by atoms with Gasteiger partial charge in [0.05, 0.1) is 0 Å². The minimum absolute atomic E-state index is 0.528. The summed E-state index contributed by atoms with van der Waals surface area (Å²) in [5.41, 5.74) is 1.02. The first kappa shape index (κ1) is 13.4. The van der Waals surface area contributed by atoms with Gasteiger partial charge in [0, 0.05) is 10.0 Å². The first-order valence-corrected chi connectivity index (χ1v) is 7.44. The summed E-state index contributed by atoms with van der Waals surface area (Å²) in [7, 11) is 0. The molecule has 2 aromatic carbocycles. The molecule has 2 nitrogen and oxygen atoms in total. The van der Waals surface area contributed by atoms with E-state index in [9.17, 15) is 5.11 Å². The molecule has 1 atom stereocenters. The average Bonchev–Trinajstić information content (AvgIpc) is 2.95. The highest BCUT2D eigenvalue weighted by atomic mass is 79.9. The van der Waals surface area contributed by atoms with Crippen molar-refractivity contribution in [3.05, 3.63) is 58.8 Å². The van der Waals surface area contributed by atoms with E-state index in [4.69, 9.17) is 4.42 Å². The van der Waals surface area contributed by atoms with Crippen molar-refractivity contribution >= 4 is 26.7 Å². The van der Waals surface area contributed by atoms with Gasteiger partial charge in [-0.15, -0.1) is 0 Å². The fourth-order valence-corrected chi connectivity index (χ4v) is 2.64. The molecule has 0 aliphatic carbocycles. The zero-order chi connectivity index (χ0) is 14.1. The van der Waals surface area contributed by atoms with Crippen molar-refractivity contribution in [2.75, 3.05) is 0 Å². The van der Waals surface area contributed by atoms with E-state index in [0.29, 0.717) is 12.2 Å². The number of hydrogen-bond acceptors (Lipinski definition) is 2. The van der Waals surface area contributed by atoms with Crippen LogP contribution in [-0.2, 0) is 0 Å². The number of halogens is 1. The Morgan fingerprint density at radius 3 is 2.60 bits per heavy atom. The van der Waals surface area contributed by atoms with Crippen LogP contribution >= 0.6 is 15.9 Å². The minimum atomic E-state index is -0.528. The van der Waals surface area contributed by atoms with Crippen LogP contribution < -0.4 is 0 Å². The third kappa shape index (κ3) is 2.51. The Morgan fingerprint density at radius 2 is 1.80 bits per heavy atom. The Morgan fingerprint density at radius 1 is 1.05 bits per heavy atom. The van der Waals surface area contributed by atoms with Gasteiger partial charge in [-0.2, -0.15) is 0 Å². The molecule has 20 heavy (non-hydrogen) atoms. The summed E-state index contributed by atoms with van der Waals surface area (Å²) in [6.45, 7) is 1.93. The van der Waals surface area contributed by atoms with Gasteiger partial charge in [-0.1, -0.05) is 41.1 Å². The highest BCUT2D eigenvalue weighted by Gasteiger charge is 2.11. The molecule has 0 saturated carbocycles. The van der Waals surface area contributed by atoms with Crippen molar-refractivity contribution in [2.45, 2.75) is 19.4 Å². The molecule has 0 aliphatic heterocycles. The third-order valence-electron chi connectivity index (χ3n) is 3.43. The molecule has 0 radical (unpaired) electrons. The quantitative estimate of drug-likeness (QED) is 0.706. The van der Waals surface area contributed by atoms with Crippen molar-refractivity contribution in [3.63, 3.8) is 0 Å². The van der Waals surface area contributed by atoms with E-state index < -0.39 is 6.10 Å². The lowest BCUT2D eigenvalue weighted by atomic mass is 10.1. The normalized spacial score (nSPS) is 12.8. The van der Waals surface area contributed by atoms with Gasteiger partial charge in [-0.05, 0) is 47.5 Å². The first-order chi connectivity index (χ1) is 9.67. The van der Waals surface area contributed by atoms with Gasteiger partial charge < -0.3 is 9.52 Å². The lowest BCUT2D eigenvalue weighted by Gasteiger charge is -2.04.